The first-order chi connectivity index (χ1) is 13.6. The molecule has 2 aliphatic heterocycles. The van der Waals surface area contributed by atoms with Crippen molar-refractivity contribution in [1.29, 1.82) is 0 Å². The van der Waals surface area contributed by atoms with E-state index < -0.39 is 11.9 Å². The van der Waals surface area contributed by atoms with Gasteiger partial charge in [-0.2, -0.15) is 13.2 Å². The number of hydrogen-bond donors (Lipinski definition) is 0. The van der Waals surface area contributed by atoms with Crippen LogP contribution in [0.25, 0.3) is 0 Å². The van der Waals surface area contributed by atoms with Gasteiger partial charge in [0.2, 0.25) is 5.91 Å². The van der Waals surface area contributed by atoms with Crippen molar-refractivity contribution in [2.45, 2.75) is 26.4 Å². The van der Waals surface area contributed by atoms with Crippen molar-refractivity contribution < 1.29 is 22.8 Å². The summed E-state index contributed by atoms with van der Waals surface area (Å²) in [7, 11) is 0. The van der Waals surface area contributed by atoms with Gasteiger partial charge in [-0.25, -0.2) is 0 Å². The Hall–Kier alpha value is -2.16. The molecule has 0 aliphatic carbocycles. The third-order valence-corrected chi connectivity index (χ3v) is 5.54. The molecule has 2 atom stereocenters. The van der Waals surface area contributed by atoms with Gasteiger partial charge < -0.3 is 9.80 Å². The van der Waals surface area contributed by atoms with Crippen molar-refractivity contribution in [3.63, 3.8) is 0 Å². The van der Waals surface area contributed by atoms with Crippen LogP contribution in [0.5, 0.6) is 0 Å². The lowest BCUT2D eigenvalue weighted by atomic mass is 9.92. The zero-order valence-corrected chi connectivity index (χ0v) is 16.8. The number of pyridine rings is 1. The fraction of sp³-hybridized carbons (Fsp3) is 0.650. The number of piperazine rings is 1. The summed E-state index contributed by atoms with van der Waals surface area (Å²) in [5.41, 5.74) is -0.877. The molecule has 2 unspecified atom stereocenters. The largest absolute Gasteiger partial charge is 0.433 e. The zero-order valence-electron chi connectivity index (χ0n) is 16.8. The number of rotatable bonds is 3. The van der Waals surface area contributed by atoms with Gasteiger partial charge in [0.1, 0.15) is 5.69 Å². The maximum absolute atomic E-state index is 12.6. The maximum atomic E-state index is 12.6. The molecule has 9 heteroatoms. The molecule has 3 rings (SSSR count). The Bertz CT molecular complexity index is 720. The number of carbonyl (C=O) groups excluding carboxylic acids is 2. The molecule has 2 saturated heterocycles. The van der Waals surface area contributed by atoms with Crippen LogP contribution in [0.4, 0.5) is 13.2 Å². The van der Waals surface area contributed by atoms with Gasteiger partial charge >= 0.3 is 6.18 Å². The Morgan fingerprint density at radius 1 is 1.03 bits per heavy atom. The molecule has 1 aromatic heterocycles. The highest BCUT2D eigenvalue weighted by Gasteiger charge is 2.33. The first kappa shape index (κ1) is 21.5. The third kappa shape index (κ3) is 5.46. The summed E-state index contributed by atoms with van der Waals surface area (Å²) in [5, 5.41) is 0. The SMILES string of the molecule is CC1CC(C)CN(C(=O)CN2CCN(C(=O)c3ccc(C(F)(F)F)nc3)CC2)C1. The average molecular weight is 412 g/mol. The molecule has 2 amide bonds. The summed E-state index contributed by atoms with van der Waals surface area (Å²) in [6.45, 7) is 8.23. The minimum absolute atomic E-state index is 0.120. The molecular formula is C20H27F3N4O2. The quantitative estimate of drug-likeness (QED) is 0.765. The van der Waals surface area contributed by atoms with Crippen LogP contribution in [0.1, 0.15) is 36.3 Å². The lowest BCUT2D eigenvalue weighted by Crippen LogP contribution is -2.53. The van der Waals surface area contributed by atoms with Gasteiger partial charge in [0.05, 0.1) is 12.1 Å². The number of amides is 2. The van der Waals surface area contributed by atoms with E-state index in [1.165, 1.54) is 0 Å². The number of likely N-dealkylation sites (tertiary alicyclic amines) is 1. The van der Waals surface area contributed by atoms with Gasteiger partial charge in [-0.1, -0.05) is 13.8 Å². The summed E-state index contributed by atoms with van der Waals surface area (Å²) in [5.74, 6) is 0.801. The minimum Gasteiger partial charge on any atom is -0.341 e. The fourth-order valence-corrected chi connectivity index (χ4v) is 4.14. The molecule has 0 bridgehead atoms. The van der Waals surface area contributed by atoms with Crippen LogP contribution in [0.15, 0.2) is 18.3 Å². The number of halogens is 3. The summed E-state index contributed by atoms with van der Waals surface area (Å²) >= 11 is 0. The van der Waals surface area contributed by atoms with Crippen molar-refractivity contribution in [3.8, 4) is 0 Å². The van der Waals surface area contributed by atoms with E-state index in [0.29, 0.717) is 44.6 Å². The van der Waals surface area contributed by atoms with Gasteiger partial charge in [0, 0.05) is 45.5 Å². The van der Waals surface area contributed by atoms with Crippen LogP contribution in [-0.2, 0) is 11.0 Å². The highest BCUT2D eigenvalue weighted by atomic mass is 19.4. The predicted molar refractivity (Wildman–Crippen MR) is 101 cm³/mol. The smallest absolute Gasteiger partial charge is 0.341 e. The molecule has 0 saturated carbocycles. The average Bonchev–Trinajstić information content (AvgIpc) is 2.66. The van der Waals surface area contributed by atoms with Crippen molar-refractivity contribution in [1.82, 2.24) is 19.7 Å². The van der Waals surface area contributed by atoms with Crippen molar-refractivity contribution in [3.05, 3.63) is 29.6 Å². The van der Waals surface area contributed by atoms with Crippen LogP contribution in [0, 0.1) is 11.8 Å². The van der Waals surface area contributed by atoms with E-state index >= 15 is 0 Å². The van der Waals surface area contributed by atoms with E-state index in [1.54, 1.807) is 4.90 Å². The van der Waals surface area contributed by atoms with Crippen LogP contribution in [-0.4, -0.2) is 77.3 Å². The number of alkyl halides is 3. The van der Waals surface area contributed by atoms with Gasteiger partial charge in [-0.3, -0.25) is 19.5 Å². The molecular weight excluding hydrogens is 385 g/mol. The molecule has 2 aliphatic rings. The maximum Gasteiger partial charge on any atom is 0.433 e. The fourth-order valence-electron chi connectivity index (χ4n) is 4.14. The van der Waals surface area contributed by atoms with Crippen LogP contribution in [0.3, 0.4) is 0 Å². The number of piperidine rings is 1. The lowest BCUT2D eigenvalue weighted by Gasteiger charge is -2.38. The standard InChI is InChI=1S/C20H27F3N4O2/c1-14-9-15(2)12-27(11-14)18(28)13-25-5-7-26(8-6-25)19(29)16-3-4-17(24-10-16)20(21,22)23/h3-4,10,14-15H,5-9,11-13H2,1-2H3. The molecule has 3 heterocycles. The van der Waals surface area contributed by atoms with E-state index in [9.17, 15) is 22.8 Å². The van der Waals surface area contributed by atoms with E-state index in [-0.39, 0.29) is 17.4 Å². The Morgan fingerprint density at radius 2 is 1.66 bits per heavy atom. The number of aromatic nitrogens is 1. The van der Waals surface area contributed by atoms with Crippen LogP contribution < -0.4 is 0 Å². The Balaban J connectivity index is 1.50. The van der Waals surface area contributed by atoms with E-state index in [0.717, 1.165) is 37.8 Å². The summed E-state index contributed by atoms with van der Waals surface area (Å²) < 4.78 is 37.8. The monoisotopic (exact) mass is 412 g/mol. The summed E-state index contributed by atoms with van der Waals surface area (Å²) in [4.78, 5) is 34.0. The first-order valence-electron chi connectivity index (χ1n) is 9.96. The predicted octanol–water partition coefficient (Wildman–Crippen LogP) is 2.36. The van der Waals surface area contributed by atoms with Gasteiger partial charge in [0.15, 0.2) is 0 Å². The van der Waals surface area contributed by atoms with Gasteiger partial charge in [-0.15, -0.1) is 0 Å². The number of nitrogens with zero attached hydrogens (tertiary/aromatic N) is 4. The molecule has 0 aromatic carbocycles. The van der Waals surface area contributed by atoms with E-state index in [1.807, 2.05) is 9.80 Å². The Morgan fingerprint density at radius 3 is 2.17 bits per heavy atom. The minimum atomic E-state index is -4.52. The van der Waals surface area contributed by atoms with E-state index in [4.69, 9.17) is 0 Å². The summed E-state index contributed by atoms with van der Waals surface area (Å²) in [6, 6.07) is 1.98. The van der Waals surface area contributed by atoms with Crippen molar-refractivity contribution >= 4 is 11.8 Å². The Kier molecular flexibility index (Phi) is 6.45. The van der Waals surface area contributed by atoms with Crippen molar-refractivity contribution in [2.75, 3.05) is 45.8 Å². The third-order valence-electron chi connectivity index (χ3n) is 5.54. The second-order valence-corrected chi connectivity index (χ2v) is 8.24. The molecule has 0 radical (unpaired) electrons. The molecule has 6 nitrogen and oxygen atoms in total. The zero-order chi connectivity index (χ0) is 21.2. The topological polar surface area (TPSA) is 56.8 Å². The Labute approximate surface area is 168 Å². The lowest BCUT2D eigenvalue weighted by molar-refractivity contribution is -0.141. The second kappa shape index (κ2) is 8.69. The van der Waals surface area contributed by atoms with Crippen LogP contribution in [0.2, 0.25) is 0 Å². The molecule has 160 valence electrons. The number of hydrogen-bond acceptors (Lipinski definition) is 4. The van der Waals surface area contributed by atoms with Crippen LogP contribution >= 0.6 is 0 Å². The molecule has 0 spiro atoms. The van der Waals surface area contributed by atoms with Crippen molar-refractivity contribution in [2.24, 2.45) is 11.8 Å². The normalized spacial score (nSPS) is 23.9. The van der Waals surface area contributed by atoms with Gasteiger partial charge in [-0.05, 0) is 30.4 Å². The molecule has 0 N–H and O–H groups in total. The molecule has 2 fully saturated rings. The van der Waals surface area contributed by atoms with E-state index in [2.05, 4.69) is 18.8 Å². The first-order valence-corrected chi connectivity index (χ1v) is 9.96. The summed E-state index contributed by atoms with van der Waals surface area (Å²) in [6.07, 6.45) is -2.41. The molecule has 29 heavy (non-hydrogen) atoms. The van der Waals surface area contributed by atoms with Gasteiger partial charge in [0.25, 0.3) is 5.91 Å². The molecule has 1 aromatic rings. The second-order valence-electron chi connectivity index (χ2n) is 8.24. The highest BCUT2D eigenvalue weighted by Crippen LogP contribution is 2.27. The number of carbonyl (C=O) groups is 2. The highest BCUT2D eigenvalue weighted by molar-refractivity contribution is 5.94.